The van der Waals surface area contributed by atoms with Gasteiger partial charge in [0.1, 0.15) is 6.04 Å². The van der Waals surface area contributed by atoms with Gasteiger partial charge in [0.05, 0.1) is 24.1 Å². The molecule has 1 atom stereocenters. The Morgan fingerprint density at radius 2 is 1.54 bits per heavy atom. The van der Waals surface area contributed by atoms with Crippen LogP contribution in [0.2, 0.25) is 0 Å². The summed E-state index contributed by atoms with van der Waals surface area (Å²) in [5.41, 5.74) is 10.6. The molecule has 0 fully saturated rings. The van der Waals surface area contributed by atoms with Gasteiger partial charge in [0, 0.05) is 11.1 Å². The molecule has 3 aromatic carbocycles. The van der Waals surface area contributed by atoms with E-state index in [9.17, 15) is 19.1 Å². The smallest absolute Gasteiger partial charge is 0.329 e. The summed E-state index contributed by atoms with van der Waals surface area (Å²) in [6, 6.07) is 24.2. The number of hydrogen-bond acceptors (Lipinski definition) is 4. The maximum absolute atomic E-state index is 13.8. The topological polar surface area (TPSA) is 116 Å². The first-order chi connectivity index (χ1) is 16.9. The van der Waals surface area contributed by atoms with E-state index in [1.807, 2.05) is 66.7 Å². The Morgan fingerprint density at radius 3 is 2.23 bits per heavy atom. The van der Waals surface area contributed by atoms with Gasteiger partial charge in [0.15, 0.2) is 0 Å². The Kier molecular flexibility index (Phi) is 7.93. The van der Waals surface area contributed by atoms with Gasteiger partial charge in [-0.1, -0.05) is 72.8 Å². The number of benzodiazepines with no additional fused rings is 1. The molecule has 0 unspecified atom stereocenters. The molecule has 0 radical (unpaired) electrons. The second-order valence-corrected chi connectivity index (χ2v) is 10.4. The zero-order valence-corrected chi connectivity index (χ0v) is 20.3. The third-order valence-electron chi connectivity index (χ3n) is 6.02. The molecule has 182 valence electrons. The van der Waals surface area contributed by atoms with Gasteiger partial charge in [-0.25, -0.2) is 0 Å². The summed E-state index contributed by atoms with van der Waals surface area (Å²) in [5.74, 6) is -0.0697. The molecule has 4 N–H and O–H groups in total. The Morgan fingerprint density at radius 1 is 0.886 bits per heavy atom. The summed E-state index contributed by atoms with van der Waals surface area (Å²) >= 11 is 0. The monoisotopic (exact) mass is 491 g/mol. The molecule has 1 heterocycles. The van der Waals surface area contributed by atoms with Crippen molar-refractivity contribution in [1.29, 1.82) is 0 Å². The van der Waals surface area contributed by atoms with Gasteiger partial charge in [-0.3, -0.25) is 14.4 Å². The molecule has 1 aliphatic heterocycles. The number of carbonyl (C=O) groups excluding carboxylic acids is 1. The van der Waals surface area contributed by atoms with Gasteiger partial charge in [0.2, 0.25) is 0 Å². The lowest BCUT2D eigenvalue weighted by molar-refractivity contribution is -0.120. The van der Waals surface area contributed by atoms with Crippen LogP contribution in [0.25, 0.3) is 0 Å². The number of nitrogens with zero attached hydrogens (tertiary/aromatic N) is 2. The summed E-state index contributed by atoms with van der Waals surface area (Å²) in [4.78, 5) is 39.1. The maximum Gasteiger partial charge on any atom is 0.329 e. The van der Waals surface area contributed by atoms with Crippen LogP contribution in [-0.2, 0) is 22.1 Å². The lowest BCUT2D eigenvalue weighted by Crippen LogP contribution is -2.37. The summed E-state index contributed by atoms with van der Waals surface area (Å²) in [7, 11) is -4.14. The number of anilines is 1. The van der Waals surface area contributed by atoms with Crippen LogP contribution in [0, 0.1) is 0 Å². The molecule has 1 amide bonds. The fourth-order valence-electron chi connectivity index (χ4n) is 4.32. The van der Waals surface area contributed by atoms with Crippen molar-refractivity contribution in [3.8, 4) is 0 Å². The molecule has 35 heavy (non-hydrogen) atoms. The second-order valence-electron chi connectivity index (χ2n) is 8.72. The first-order valence-corrected chi connectivity index (χ1v) is 13.5. The van der Waals surface area contributed by atoms with E-state index >= 15 is 0 Å². The Balaban J connectivity index is 1.72. The second kappa shape index (κ2) is 11.1. The highest BCUT2D eigenvalue weighted by Crippen LogP contribution is 2.39. The number of fused-ring (bicyclic) bond motifs is 1. The molecular weight excluding hydrogens is 461 g/mol. The number of amides is 1. The molecule has 0 bridgehead atoms. The molecule has 0 saturated carbocycles. The van der Waals surface area contributed by atoms with Crippen molar-refractivity contribution in [1.82, 2.24) is 0 Å². The largest absolute Gasteiger partial charge is 0.330 e. The van der Waals surface area contributed by atoms with Crippen LogP contribution in [-0.4, -0.2) is 34.0 Å². The van der Waals surface area contributed by atoms with Gasteiger partial charge in [-0.05, 0) is 43.0 Å². The highest BCUT2D eigenvalue weighted by atomic mass is 31.2. The zero-order valence-electron chi connectivity index (χ0n) is 19.5. The van der Waals surface area contributed by atoms with E-state index in [2.05, 4.69) is 0 Å². The number of nitrogens with two attached hydrogens (primary N) is 1. The van der Waals surface area contributed by atoms with Crippen molar-refractivity contribution in [2.75, 3.05) is 11.4 Å². The van der Waals surface area contributed by atoms with Gasteiger partial charge < -0.3 is 20.4 Å². The van der Waals surface area contributed by atoms with E-state index in [1.54, 1.807) is 17.0 Å². The van der Waals surface area contributed by atoms with Crippen LogP contribution in [0.15, 0.2) is 83.9 Å². The molecule has 4 rings (SSSR count). The van der Waals surface area contributed by atoms with E-state index in [0.717, 1.165) is 40.9 Å². The van der Waals surface area contributed by atoms with E-state index in [0.29, 0.717) is 25.1 Å². The van der Waals surface area contributed by atoms with E-state index in [4.69, 9.17) is 10.7 Å². The third kappa shape index (κ3) is 6.32. The number of aliphatic imine (C=N–C) groups is 1. The quantitative estimate of drug-likeness (QED) is 0.306. The van der Waals surface area contributed by atoms with E-state index < -0.39 is 13.6 Å². The summed E-state index contributed by atoms with van der Waals surface area (Å²) in [5, 5.41) is 0. The van der Waals surface area contributed by atoms with Gasteiger partial charge >= 0.3 is 7.60 Å². The minimum Gasteiger partial charge on any atom is -0.330 e. The third-order valence-corrected chi connectivity index (χ3v) is 6.79. The lowest BCUT2D eigenvalue weighted by atomic mass is 10.00. The van der Waals surface area contributed by atoms with Crippen LogP contribution in [0.1, 0.15) is 41.5 Å². The fraction of sp³-hybridized carbons (Fsp3) is 0.259. The number of carbonyl (C=O) groups is 1. The van der Waals surface area contributed by atoms with Gasteiger partial charge in [0.25, 0.3) is 5.91 Å². The molecule has 0 saturated heterocycles. The minimum absolute atomic E-state index is 0.0697. The average Bonchev–Trinajstić information content (AvgIpc) is 2.95. The first-order valence-electron chi connectivity index (χ1n) is 11.7. The molecule has 1 aliphatic rings. The average molecular weight is 492 g/mol. The Bertz CT molecular complexity index is 1240. The summed E-state index contributed by atoms with van der Waals surface area (Å²) in [6.07, 6.45) is 1.93. The zero-order chi connectivity index (χ0) is 24.8. The molecule has 0 aromatic heterocycles. The van der Waals surface area contributed by atoms with Crippen LogP contribution < -0.4 is 10.6 Å². The number of hydrogen-bond donors (Lipinski definition) is 3. The molecule has 0 spiro atoms. The van der Waals surface area contributed by atoms with Crippen LogP contribution in [0.3, 0.4) is 0 Å². The number of benzene rings is 3. The molecular formula is C27H30N3O4P. The minimum atomic E-state index is -4.14. The first kappa shape index (κ1) is 25.0. The Hall–Kier alpha value is -3.09. The standard InChI is InChI=1S/C27H30N3O4P/c28-17-7-6-11-24-27(31)30(18-20-13-15-21(16-14-20)19-35(32,33)34)25-12-5-4-10-23(25)26(29-24)22-8-2-1-3-9-22/h1-5,8-10,12-16,24H,6-7,11,17-19,28H2,(H2,32,33,34)/t24-/m0/s1. The van der Waals surface area contributed by atoms with Crippen molar-refractivity contribution in [3.05, 3.63) is 101 Å². The highest BCUT2D eigenvalue weighted by molar-refractivity contribution is 7.50. The fourth-order valence-corrected chi connectivity index (χ4v) is 5.00. The number of rotatable bonds is 9. The van der Waals surface area contributed by atoms with E-state index in [1.165, 1.54) is 0 Å². The van der Waals surface area contributed by atoms with Crippen molar-refractivity contribution in [2.45, 2.75) is 38.0 Å². The summed E-state index contributed by atoms with van der Waals surface area (Å²) in [6.45, 7) is 0.901. The van der Waals surface area contributed by atoms with Gasteiger partial charge in [-0.2, -0.15) is 0 Å². The predicted octanol–water partition coefficient (Wildman–Crippen LogP) is 4.25. The van der Waals surface area contributed by atoms with E-state index in [-0.39, 0.29) is 12.1 Å². The SMILES string of the molecule is NCCCC[C@@H]1N=C(c2ccccc2)c2ccccc2N(Cc2ccc(CP(=O)(O)O)cc2)C1=O. The summed E-state index contributed by atoms with van der Waals surface area (Å²) < 4.78 is 11.3. The van der Waals surface area contributed by atoms with Crippen LogP contribution in [0.4, 0.5) is 5.69 Å². The van der Waals surface area contributed by atoms with Crippen LogP contribution in [0.5, 0.6) is 0 Å². The van der Waals surface area contributed by atoms with Crippen LogP contribution >= 0.6 is 7.60 Å². The maximum atomic E-state index is 13.8. The van der Waals surface area contributed by atoms with Crippen molar-refractivity contribution >= 4 is 24.9 Å². The highest BCUT2D eigenvalue weighted by Gasteiger charge is 2.31. The predicted molar refractivity (Wildman–Crippen MR) is 139 cm³/mol. The molecule has 3 aromatic rings. The van der Waals surface area contributed by atoms with Crippen molar-refractivity contribution < 1.29 is 19.1 Å². The normalized spacial score (nSPS) is 16.0. The van der Waals surface area contributed by atoms with Crippen molar-refractivity contribution in [2.24, 2.45) is 10.7 Å². The molecule has 0 aliphatic carbocycles. The van der Waals surface area contributed by atoms with Crippen molar-refractivity contribution in [3.63, 3.8) is 0 Å². The molecule has 7 nitrogen and oxygen atoms in total. The van der Waals surface area contributed by atoms with Gasteiger partial charge in [-0.15, -0.1) is 0 Å². The Labute approximate surface area is 205 Å². The molecule has 8 heteroatoms. The number of para-hydroxylation sites is 1. The lowest BCUT2D eigenvalue weighted by Gasteiger charge is -2.25. The number of unbranched alkanes of at least 4 members (excludes halogenated alkanes) is 1.